The van der Waals surface area contributed by atoms with Crippen LogP contribution in [0, 0.1) is 0 Å². The highest BCUT2D eigenvalue weighted by Gasteiger charge is 2.22. The quantitative estimate of drug-likeness (QED) is 0.845. The summed E-state index contributed by atoms with van der Waals surface area (Å²) >= 11 is 4.97. The first kappa shape index (κ1) is 13.2. The Hall–Kier alpha value is -1.23. The number of hydrogen-bond acceptors (Lipinski definition) is 4. The molecule has 1 saturated carbocycles. The Kier molecular flexibility index (Phi) is 4.47. The molecule has 1 aromatic rings. The summed E-state index contributed by atoms with van der Waals surface area (Å²) in [4.78, 5) is 11.4. The van der Waals surface area contributed by atoms with E-state index >= 15 is 0 Å². The average Bonchev–Trinajstić information content (AvgIpc) is 2.41. The summed E-state index contributed by atoms with van der Waals surface area (Å²) in [5, 5.41) is 0. The van der Waals surface area contributed by atoms with Crippen LogP contribution >= 0.6 is 12.2 Å². The minimum absolute atomic E-state index is 0.332. The van der Waals surface area contributed by atoms with Gasteiger partial charge in [-0.15, -0.1) is 0 Å². The van der Waals surface area contributed by atoms with Gasteiger partial charge in [-0.25, -0.2) is 9.97 Å². The zero-order valence-electron chi connectivity index (χ0n) is 10.8. The van der Waals surface area contributed by atoms with Crippen molar-refractivity contribution in [3.05, 3.63) is 18.0 Å². The van der Waals surface area contributed by atoms with Gasteiger partial charge in [0.1, 0.15) is 10.7 Å². The number of nitrogens with two attached hydrogens (primary N) is 1. The lowest BCUT2D eigenvalue weighted by Gasteiger charge is -2.33. The van der Waals surface area contributed by atoms with Crippen LogP contribution in [0.5, 0.6) is 0 Å². The molecule has 0 saturated heterocycles. The average molecular weight is 264 g/mol. The second-order valence-electron chi connectivity index (χ2n) is 4.68. The second kappa shape index (κ2) is 6.09. The first-order chi connectivity index (χ1) is 8.72. The predicted octanol–water partition coefficient (Wildman–Crippen LogP) is 2.27. The number of rotatable bonds is 4. The monoisotopic (exact) mass is 264 g/mol. The molecule has 0 radical (unpaired) electrons. The van der Waals surface area contributed by atoms with E-state index in [1.54, 1.807) is 12.3 Å². The molecule has 0 amide bonds. The molecular weight excluding hydrogens is 244 g/mol. The van der Waals surface area contributed by atoms with Gasteiger partial charge in [0.2, 0.25) is 5.95 Å². The van der Waals surface area contributed by atoms with Crippen molar-refractivity contribution in [1.29, 1.82) is 0 Å². The maximum absolute atomic E-state index is 5.63. The number of nitrogens with zero attached hydrogens (tertiary/aromatic N) is 3. The first-order valence-corrected chi connectivity index (χ1v) is 7.02. The molecule has 18 heavy (non-hydrogen) atoms. The van der Waals surface area contributed by atoms with Crippen molar-refractivity contribution in [1.82, 2.24) is 9.97 Å². The zero-order chi connectivity index (χ0) is 13.0. The van der Waals surface area contributed by atoms with Crippen LogP contribution in [0.4, 0.5) is 5.95 Å². The molecule has 4 nitrogen and oxygen atoms in total. The topological polar surface area (TPSA) is 55.0 Å². The first-order valence-electron chi connectivity index (χ1n) is 6.62. The second-order valence-corrected chi connectivity index (χ2v) is 5.12. The molecule has 0 aliphatic heterocycles. The lowest BCUT2D eigenvalue weighted by atomic mass is 9.94. The van der Waals surface area contributed by atoms with E-state index in [4.69, 9.17) is 18.0 Å². The lowest BCUT2D eigenvalue weighted by Crippen LogP contribution is -2.38. The van der Waals surface area contributed by atoms with Crippen molar-refractivity contribution in [2.24, 2.45) is 5.73 Å². The van der Waals surface area contributed by atoms with Crippen LogP contribution in [-0.4, -0.2) is 27.5 Å². The minimum atomic E-state index is 0.332. The Bertz CT molecular complexity index is 415. The van der Waals surface area contributed by atoms with Gasteiger partial charge >= 0.3 is 0 Å². The van der Waals surface area contributed by atoms with E-state index in [0.29, 0.717) is 16.7 Å². The van der Waals surface area contributed by atoms with E-state index in [1.165, 1.54) is 32.1 Å². The fourth-order valence-corrected chi connectivity index (χ4v) is 2.69. The molecule has 0 atom stereocenters. The van der Waals surface area contributed by atoms with Gasteiger partial charge in [0.25, 0.3) is 0 Å². The van der Waals surface area contributed by atoms with E-state index in [2.05, 4.69) is 21.8 Å². The fraction of sp³-hybridized carbons (Fsp3) is 0.615. The fourth-order valence-electron chi connectivity index (χ4n) is 2.58. The number of hydrogen-bond donors (Lipinski definition) is 1. The highest BCUT2D eigenvalue weighted by molar-refractivity contribution is 7.80. The Labute approximate surface area is 114 Å². The normalized spacial score (nSPS) is 16.5. The molecule has 1 aliphatic carbocycles. The van der Waals surface area contributed by atoms with Gasteiger partial charge in [-0.2, -0.15) is 0 Å². The van der Waals surface area contributed by atoms with Gasteiger partial charge in [0, 0.05) is 18.8 Å². The van der Waals surface area contributed by atoms with Gasteiger partial charge in [0.05, 0.1) is 0 Å². The summed E-state index contributed by atoms with van der Waals surface area (Å²) in [5.41, 5.74) is 6.28. The summed E-state index contributed by atoms with van der Waals surface area (Å²) in [5.74, 6) is 0.759. The summed E-state index contributed by atoms with van der Waals surface area (Å²) < 4.78 is 0. The maximum Gasteiger partial charge on any atom is 0.226 e. The molecular formula is C13H20N4S. The highest BCUT2D eigenvalue weighted by Crippen LogP contribution is 2.25. The van der Waals surface area contributed by atoms with Crippen molar-refractivity contribution in [3.63, 3.8) is 0 Å². The Morgan fingerprint density at radius 2 is 2.17 bits per heavy atom. The molecule has 2 N–H and O–H groups in total. The van der Waals surface area contributed by atoms with Crippen LogP contribution in [0.2, 0.25) is 0 Å². The zero-order valence-corrected chi connectivity index (χ0v) is 11.6. The third-order valence-electron chi connectivity index (χ3n) is 3.51. The van der Waals surface area contributed by atoms with Gasteiger partial charge in [-0.1, -0.05) is 31.5 Å². The highest BCUT2D eigenvalue weighted by atomic mass is 32.1. The molecule has 1 fully saturated rings. The minimum Gasteiger partial charge on any atom is -0.388 e. The van der Waals surface area contributed by atoms with Gasteiger partial charge in [-0.05, 0) is 25.8 Å². The van der Waals surface area contributed by atoms with E-state index < -0.39 is 0 Å². The van der Waals surface area contributed by atoms with Crippen LogP contribution in [0.25, 0.3) is 0 Å². The smallest absolute Gasteiger partial charge is 0.226 e. The molecule has 0 bridgehead atoms. The number of thiocarbonyl (C=S) groups is 1. The molecule has 1 aliphatic rings. The molecule has 5 heteroatoms. The summed E-state index contributed by atoms with van der Waals surface area (Å²) in [6.07, 6.45) is 8.15. The van der Waals surface area contributed by atoms with E-state index in [9.17, 15) is 0 Å². The Morgan fingerprint density at radius 1 is 1.44 bits per heavy atom. The van der Waals surface area contributed by atoms with Crippen molar-refractivity contribution in [3.8, 4) is 0 Å². The Morgan fingerprint density at radius 3 is 2.78 bits per heavy atom. The molecule has 1 heterocycles. The number of anilines is 1. The molecule has 2 rings (SSSR count). The molecule has 0 unspecified atom stereocenters. The van der Waals surface area contributed by atoms with E-state index in [1.807, 2.05) is 0 Å². The summed E-state index contributed by atoms with van der Waals surface area (Å²) in [6, 6.07) is 2.32. The van der Waals surface area contributed by atoms with Gasteiger partial charge < -0.3 is 10.6 Å². The summed E-state index contributed by atoms with van der Waals surface area (Å²) in [7, 11) is 0. The number of aromatic nitrogens is 2. The van der Waals surface area contributed by atoms with Crippen molar-refractivity contribution < 1.29 is 0 Å². The summed E-state index contributed by atoms with van der Waals surface area (Å²) in [6.45, 7) is 3.07. The Balaban J connectivity index is 2.20. The van der Waals surface area contributed by atoms with Crippen LogP contribution in [0.15, 0.2) is 12.3 Å². The van der Waals surface area contributed by atoms with Crippen molar-refractivity contribution >= 4 is 23.2 Å². The standard InChI is InChI=1S/C13H20N4S/c1-2-17(10-6-4-3-5-7-10)13-15-9-8-11(16-13)12(14)18/h8-10H,2-7H2,1H3,(H2,14,18). The third-order valence-corrected chi connectivity index (χ3v) is 3.72. The maximum atomic E-state index is 5.63. The molecule has 1 aromatic heterocycles. The van der Waals surface area contributed by atoms with Crippen molar-refractivity contribution in [2.45, 2.75) is 45.1 Å². The van der Waals surface area contributed by atoms with E-state index in [0.717, 1.165) is 12.5 Å². The molecule has 0 aromatic carbocycles. The SMILES string of the molecule is CCN(c1nccc(C(N)=S)n1)C1CCCCC1. The lowest BCUT2D eigenvalue weighted by molar-refractivity contribution is 0.414. The van der Waals surface area contributed by atoms with Crippen LogP contribution in [-0.2, 0) is 0 Å². The van der Waals surface area contributed by atoms with Gasteiger partial charge in [-0.3, -0.25) is 0 Å². The van der Waals surface area contributed by atoms with E-state index in [-0.39, 0.29) is 0 Å². The van der Waals surface area contributed by atoms with Gasteiger partial charge in [0.15, 0.2) is 0 Å². The molecule has 0 spiro atoms. The largest absolute Gasteiger partial charge is 0.388 e. The van der Waals surface area contributed by atoms with Crippen LogP contribution < -0.4 is 10.6 Å². The van der Waals surface area contributed by atoms with Crippen molar-refractivity contribution in [2.75, 3.05) is 11.4 Å². The molecule has 98 valence electrons. The van der Waals surface area contributed by atoms with Crippen LogP contribution in [0.1, 0.15) is 44.7 Å². The predicted molar refractivity (Wildman–Crippen MR) is 77.8 cm³/mol. The van der Waals surface area contributed by atoms with Crippen LogP contribution in [0.3, 0.4) is 0 Å². The third kappa shape index (κ3) is 2.96.